The maximum atomic E-state index is 12.9. The maximum Gasteiger partial charge on any atom is 0.266 e. The van der Waals surface area contributed by atoms with Crippen LogP contribution >= 0.6 is 0 Å². The first-order chi connectivity index (χ1) is 6.07. The molecule has 0 unspecified atom stereocenters. The Morgan fingerprint density at radius 2 is 2.15 bits per heavy atom. The minimum absolute atomic E-state index is 0.555. The maximum absolute atomic E-state index is 12.9. The third-order valence-electron chi connectivity index (χ3n) is 1.42. The number of anilines is 1. The Morgan fingerprint density at radius 1 is 1.54 bits per heavy atom. The number of halogens is 3. The van der Waals surface area contributed by atoms with Gasteiger partial charge in [0.2, 0.25) is 0 Å². The summed E-state index contributed by atoms with van der Waals surface area (Å²) in [5.74, 6) is -1.75. The van der Waals surface area contributed by atoms with Crippen LogP contribution in [0, 0.1) is 17.1 Å². The minimum atomic E-state index is -2.93. The highest BCUT2D eigenvalue weighted by Gasteiger charge is 2.19. The summed E-state index contributed by atoms with van der Waals surface area (Å²) in [6.45, 7) is 0. The highest BCUT2D eigenvalue weighted by atomic mass is 19.3. The highest BCUT2D eigenvalue weighted by Crippen LogP contribution is 2.25. The number of nitrogens with two attached hydrogens (primary N) is 1. The van der Waals surface area contributed by atoms with Crippen LogP contribution < -0.4 is 5.73 Å². The Balaban J connectivity index is 3.41. The predicted octanol–water partition coefficient (Wildman–Crippen LogP) is 1.61. The average molecular weight is 187 g/mol. The molecule has 0 atom stereocenters. The van der Waals surface area contributed by atoms with Gasteiger partial charge in [-0.25, -0.2) is 18.2 Å². The van der Waals surface area contributed by atoms with E-state index in [0.717, 1.165) is 0 Å². The molecule has 1 heterocycles. The van der Waals surface area contributed by atoms with E-state index in [1.165, 1.54) is 6.07 Å². The minimum Gasteiger partial charge on any atom is -0.381 e. The summed E-state index contributed by atoms with van der Waals surface area (Å²) in [5.41, 5.74) is 3.49. The largest absolute Gasteiger partial charge is 0.381 e. The first-order valence-electron chi connectivity index (χ1n) is 3.20. The van der Waals surface area contributed by atoms with Crippen molar-refractivity contribution in [3.63, 3.8) is 0 Å². The molecule has 3 nitrogen and oxygen atoms in total. The number of nitriles is 1. The Morgan fingerprint density at radius 3 is 2.62 bits per heavy atom. The van der Waals surface area contributed by atoms with Gasteiger partial charge in [0.1, 0.15) is 11.6 Å². The van der Waals surface area contributed by atoms with Crippen LogP contribution in [0.1, 0.15) is 17.6 Å². The molecule has 0 amide bonds. The molecule has 0 radical (unpaired) electrons. The molecule has 0 aromatic carbocycles. The summed E-state index contributed by atoms with van der Waals surface area (Å²) >= 11 is 0. The molecule has 1 aromatic rings. The summed E-state index contributed by atoms with van der Waals surface area (Å²) < 4.78 is 37.1. The van der Waals surface area contributed by atoms with Crippen LogP contribution in [0.15, 0.2) is 6.20 Å². The second kappa shape index (κ2) is 3.31. The van der Waals surface area contributed by atoms with Crippen molar-refractivity contribution in [2.75, 3.05) is 5.73 Å². The molecule has 1 rings (SSSR count). The fourth-order valence-corrected chi connectivity index (χ4v) is 0.794. The normalized spacial score (nSPS) is 10.1. The van der Waals surface area contributed by atoms with Gasteiger partial charge in [-0.05, 0) is 0 Å². The number of nitrogens with zero attached hydrogens (tertiary/aromatic N) is 2. The van der Waals surface area contributed by atoms with Gasteiger partial charge >= 0.3 is 0 Å². The van der Waals surface area contributed by atoms with Crippen molar-refractivity contribution in [2.24, 2.45) is 0 Å². The third-order valence-corrected chi connectivity index (χ3v) is 1.42. The summed E-state index contributed by atoms with van der Waals surface area (Å²) in [5, 5.41) is 8.37. The van der Waals surface area contributed by atoms with E-state index >= 15 is 0 Å². The van der Waals surface area contributed by atoms with Gasteiger partial charge in [-0.1, -0.05) is 0 Å². The van der Waals surface area contributed by atoms with E-state index in [2.05, 4.69) is 4.98 Å². The van der Waals surface area contributed by atoms with Crippen molar-refractivity contribution in [1.29, 1.82) is 5.26 Å². The van der Waals surface area contributed by atoms with Crippen molar-refractivity contribution < 1.29 is 13.2 Å². The van der Waals surface area contributed by atoms with E-state index in [1.807, 2.05) is 0 Å². The van der Waals surface area contributed by atoms with Gasteiger partial charge in [-0.3, -0.25) is 0 Å². The lowest BCUT2D eigenvalue weighted by atomic mass is 10.1. The molecule has 0 fully saturated rings. The molecular formula is C7H4F3N3. The lowest BCUT2D eigenvalue weighted by Crippen LogP contribution is -2.02. The van der Waals surface area contributed by atoms with Crippen LogP contribution in [0.2, 0.25) is 0 Å². The zero-order valence-corrected chi connectivity index (χ0v) is 6.26. The summed E-state index contributed by atoms with van der Waals surface area (Å²) in [6, 6.07) is 1.31. The zero-order chi connectivity index (χ0) is 10.0. The van der Waals surface area contributed by atoms with E-state index in [9.17, 15) is 13.2 Å². The number of pyridine rings is 1. The molecule has 0 aliphatic heterocycles. The molecule has 0 saturated heterocycles. The van der Waals surface area contributed by atoms with Crippen molar-refractivity contribution in [3.05, 3.63) is 23.1 Å². The molecule has 13 heavy (non-hydrogen) atoms. The number of hydrogen-bond donors (Lipinski definition) is 1. The number of aromatic nitrogens is 1. The van der Waals surface area contributed by atoms with Crippen LogP contribution in [-0.2, 0) is 0 Å². The number of rotatable bonds is 1. The summed E-state index contributed by atoms with van der Waals surface area (Å²) in [6.07, 6.45) is -2.24. The van der Waals surface area contributed by atoms with Gasteiger partial charge in [0.25, 0.3) is 6.43 Å². The molecule has 0 spiro atoms. The van der Waals surface area contributed by atoms with Gasteiger partial charge in [-0.15, -0.1) is 0 Å². The quantitative estimate of drug-likeness (QED) is 0.726. The predicted molar refractivity (Wildman–Crippen MR) is 38.3 cm³/mol. The number of alkyl halides is 2. The monoisotopic (exact) mass is 187 g/mol. The van der Waals surface area contributed by atoms with Crippen LogP contribution in [-0.4, -0.2) is 4.98 Å². The van der Waals surface area contributed by atoms with E-state index in [4.69, 9.17) is 11.0 Å². The highest BCUT2D eigenvalue weighted by molar-refractivity contribution is 5.46. The molecular weight excluding hydrogens is 183 g/mol. The van der Waals surface area contributed by atoms with Crippen LogP contribution in [0.3, 0.4) is 0 Å². The van der Waals surface area contributed by atoms with E-state index in [-0.39, 0.29) is 0 Å². The standard InChI is InChI=1S/C7H4F3N3/c8-5-3(1-11)4(6(9)10)2-13-7(5)12/h2,6H,(H2,12,13). The van der Waals surface area contributed by atoms with Crippen LogP contribution in [0.4, 0.5) is 19.0 Å². The molecule has 0 saturated carbocycles. The van der Waals surface area contributed by atoms with Crippen LogP contribution in [0.5, 0.6) is 0 Å². The zero-order valence-electron chi connectivity index (χ0n) is 6.26. The van der Waals surface area contributed by atoms with E-state index in [1.54, 1.807) is 0 Å². The summed E-state index contributed by atoms with van der Waals surface area (Å²) in [4.78, 5) is 3.18. The van der Waals surface area contributed by atoms with Gasteiger partial charge in [0.15, 0.2) is 11.6 Å². The molecule has 2 N–H and O–H groups in total. The lowest BCUT2D eigenvalue weighted by Gasteiger charge is -2.03. The van der Waals surface area contributed by atoms with E-state index in [0.29, 0.717) is 6.20 Å². The Labute approximate surface area is 71.6 Å². The van der Waals surface area contributed by atoms with Crippen molar-refractivity contribution in [1.82, 2.24) is 4.98 Å². The van der Waals surface area contributed by atoms with Crippen LogP contribution in [0.25, 0.3) is 0 Å². The smallest absolute Gasteiger partial charge is 0.266 e. The second-order valence-corrected chi connectivity index (χ2v) is 2.20. The SMILES string of the molecule is N#Cc1c(C(F)F)cnc(N)c1F. The third kappa shape index (κ3) is 1.54. The van der Waals surface area contributed by atoms with E-state index < -0.39 is 29.2 Å². The molecule has 0 aliphatic rings. The molecule has 1 aromatic heterocycles. The molecule has 0 bridgehead atoms. The topological polar surface area (TPSA) is 62.7 Å². The van der Waals surface area contributed by atoms with Gasteiger partial charge < -0.3 is 5.73 Å². The Kier molecular flexibility index (Phi) is 2.37. The van der Waals surface area contributed by atoms with Crippen molar-refractivity contribution in [2.45, 2.75) is 6.43 Å². The Hall–Kier alpha value is -1.77. The number of nitrogen functional groups attached to an aromatic ring is 1. The number of hydrogen-bond acceptors (Lipinski definition) is 3. The molecule has 0 aliphatic carbocycles. The fourth-order valence-electron chi connectivity index (χ4n) is 0.794. The second-order valence-electron chi connectivity index (χ2n) is 2.20. The fraction of sp³-hybridized carbons (Fsp3) is 0.143. The lowest BCUT2D eigenvalue weighted by molar-refractivity contribution is 0.150. The average Bonchev–Trinajstić information content (AvgIpc) is 2.09. The first kappa shape index (κ1) is 9.32. The Bertz CT molecular complexity index is 370. The van der Waals surface area contributed by atoms with Gasteiger partial charge in [0, 0.05) is 6.20 Å². The first-order valence-corrected chi connectivity index (χ1v) is 3.20. The van der Waals surface area contributed by atoms with Gasteiger partial charge in [-0.2, -0.15) is 5.26 Å². The summed E-state index contributed by atoms with van der Waals surface area (Å²) in [7, 11) is 0. The molecule has 68 valence electrons. The van der Waals surface area contributed by atoms with Gasteiger partial charge in [0.05, 0.1) is 5.56 Å². The van der Waals surface area contributed by atoms with Crippen molar-refractivity contribution in [3.8, 4) is 6.07 Å². The molecule has 6 heteroatoms. The van der Waals surface area contributed by atoms with Crippen molar-refractivity contribution >= 4 is 5.82 Å².